The molecule has 0 radical (unpaired) electrons. The van der Waals surface area contributed by atoms with Gasteiger partial charge in [-0.3, -0.25) is 0 Å². The molecule has 0 aromatic rings. The third-order valence-corrected chi connectivity index (χ3v) is 4.53. The molecule has 3 unspecified atom stereocenters. The number of hydrogen-bond acceptors (Lipinski definition) is 4. The minimum Gasteiger partial charge on any atom is -0.388 e. The first-order valence-electron chi connectivity index (χ1n) is 7.20. The number of likely N-dealkylation sites (N-methyl/N-ethyl adjacent to an activating group) is 1. The Labute approximate surface area is 111 Å². The zero-order chi connectivity index (χ0) is 13.3. The molecule has 0 aromatic carbocycles. The Morgan fingerprint density at radius 3 is 2.33 bits per heavy atom. The molecule has 0 saturated carbocycles. The molecule has 2 heterocycles. The van der Waals surface area contributed by atoms with Gasteiger partial charge in [0.2, 0.25) is 0 Å². The standard InChI is InChI=1S/C14H29N3O/c1-14(18,10-16(2)3)9-15-11-7-12-5-6-13(8-11)17(12)4/h11-13,15,18H,5-10H2,1-4H3. The Morgan fingerprint density at radius 2 is 1.83 bits per heavy atom. The van der Waals surface area contributed by atoms with Crippen molar-refractivity contribution in [1.82, 2.24) is 15.1 Å². The highest BCUT2D eigenvalue weighted by Crippen LogP contribution is 2.34. The summed E-state index contributed by atoms with van der Waals surface area (Å²) in [6.07, 6.45) is 5.19. The van der Waals surface area contributed by atoms with E-state index in [1.54, 1.807) is 0 Å². The molecular formula is C14H29N3O. The maximum absolute atomic E-state index is 10.3. The van der Waals surface area contributed by atoms with Gasteiger partial charge in [-0.2, -0.15) is 0 Å². The predicted molar refractivity (Wildman–Crippen MR) is 74.8 cm³/mol. The van der Waals surface area contributed by atoms with Crippen LogP contribution in [0.2, 0.25) is 0 Å². The van der Waals surface area contributed by atoms with Gasteiger partial charge < -0.3 is 20.2 Å². The van der Waals surface area contributed by atoms with Gasteiger partial charge in [-0.15, -0.1) is 0 Å². The predicted octanol–water partition coefficient (Wildman–Crippen LogP) is 0.514. The van der Waals surface area contributed by atoms with Crippen LogP contribution in [0.15, 0.2) is 0 Å². The zero-order valence-corrected chi connectivity index (χ0v) is 12.3. The first-order chi connectivity index (χ1) is 8.37. The van der Waals surface area contributed by atoms with E-state index in [-0.39, 0.29) is 0 Å². The maximum Gasteiger partial charge on any atom is 0.0869 e. The van der Waals surface area contributed by atoms with Crippen molar-refractivity contribution in [2.45, 2.75) is 56.3 Å². The molecule has 2 bridgehead atoms. The second-order valence-electron chi connectivity index (χ2n) is 6.83. The molecule has 2 saturated heterocycles. The number of hydrogen-bond donors (Lipinski definition) is 2. The highest BCUT2D eigenvalue weighted by Gasteiger charge is 2.38. The van der Waals surface area contributed by atoms with Crippen molar-refractivity contribution in [3.63, 3.8) is 0 Å². The van der Waals surface area contributed by atoms with E-state index in [0.717, 1.165) is 12.1 Å². The molecule has 106 valence electrons. The minimum absolute atomic E-state index is 0.590. The molecule has 0 amide bonds. The van der Waals surface area contributed by atoms with E-state index in [4.69, 9.17) is 0 Å². The average molecular weight is 255 g/mol. The van der Waals surface area contributed by atoms with Gasteiger partial charge >= 0.3 is 0 Å². The van der Waals surface area contributed by atoms with Gasteiger partial charge in [-0.25, -0.2) is 0 Å². The first-order valence-corrected chi connectivity index (χ1v) is 7.20. The summed E-state index contributed by atoms with van der Waals surface area (Å²) in [6.45, 7) is 3.32. The molecule has 2 aliphatic heterocycles. The second-order valence-corrected chi connectivity index (χ2v) is 6.83. The van der Waals surface area contributed by atoms with Crippen LogP contribution in [-0.2, 0) is 0 Å². The van der Waals surface area contributed by atoms with Crippen LogP contribution in [0.5, 0.6) is 0 Å². The van der Waals surface area contributed by atoms with Crippen LogP contribution in [0.1, 0.15) is 32.6 Å². The molecule has 4 nitrogen and oxygen atoms in total. The SMILES string of the molecule is CN(C)CC(C)(O)CNC1CC2CCC(C1)N2C. The lowest BCUT2D eigenvalue weighted by molar-refractivity contribution is 0.0268. The van der Waals surface area contributed by atoms with Crippen LogP contribution in [0.3, 0.4) is 0 Å². The fourth-order valence-corrected chi connectivity index (χ4v) is 3.68. The van der Waals surface area contributed by atoms with Gasteiger partial charge in [0.1, 0.15) is 0 Å². The fourth-order valence-electron chi connectivity index (χ4n) is 3.68. The van der Waals surface area contributed by atoms with Gasteiger partial charge in [0.15, 0.2) is 0 Å². The lowest BCUT2D eigenvalue weighted by Crippen LogP contribution is -2.52. The summed E-state index contributed by atoms with van der Waals surface area (Å²) in [4.78, 5) is 4.59. The number of nitrogens with zero attached hydrogens (tertiary/aromatic N) is 2. The van der Waals surface area contributed by atoms with Crippen LogP contribution in [0.25, 0.3) is 0 Å². The topological polar surface area (TPSA) is 38.7 Å². The van der Waals surface area contributed by atoms with Crippen molar-refractivity contribution in [2.75, 3.05) is 34.2 Å². The van der Waals surface area contributed by atoms with Gasteiger partial charge in [0.25, 0.3) is 0 Å². The van der Waals surface area contributed by atoms with Crippen LogP contribution in [0, 0.1) is 0 Å². The van der Waals surface area contributed by atoms with E-state index in [2.05, 4.69) is 17.3 Å². The first kappa shape index (κ1) is 14.3. The lowest BCUT2D eigenvalue weighted by Gasteiger charge is -2.38. The summed E-state index contributed by atoms with van der Waals surface area (Å²) >= 11 is 0. The Bertz CT molecular complexity index is 266. The summed E-state index contributed by atoms with van der Waals surface area (Å²) in [5.74, 6) is 0. The number of aliphatic hydroxyl groups is 1. The summed E-state index contributed by atoms with van der Waals surface area (Å²) in [5.41, 5.74) is -0.633. The Hall–Kier alpha value is -0.160. The number of rotatable bonds is 5. The third kappa shape index (κ3) is 3.44. The zero-order valence-electron chi connectivity index (χ0n) is 12.3. The van der Waals surface area contributed by atoms with E-state index in [9.17, 15) is 5.11 Å². The Morgan fingerprint density at radius 1 is 1.28 bits per heavy atom. The molecule has 2 rings (SSSR count). The Kier molecular flexibility index (Phi) is 4.32. The van der Waals surface area contributed by atoms with Crippen molar-refractivity contribution in [1.29, 1.82) is 0 Å². The van der Waals surface area contributed by atoms with Crippen LogP contribution >= 0.6 is 0 Å². The van der Waals surface area contributed by atoms with Crippen LogP contribution < -0.4 is 5.32 Å². The summed E-state index contributed by atoms with van der Waals surface area (Å²) in [5, 5.41) is 13.9. The quantitative estimate of drug-likeness (QED) is 0.751. The molecule has 0 aromatic heterocycles. The highest BCUT2D eigenvalue weighted by atomic mass is 16.3. The molecule has 4 heteroatoms. The largest absolute Gasteiger partial charge is 0.388 e. The molecule has 2 N–H and O–H groups in total. The number of piperidine rings is 1. The summed E-state index contributed by atoms with van der Waals surface area (Å²) in [6, 6.07) is 2.12. The molecule has 0 aliphatic carbocycles. The van der Waals surface area contributed by atoms with Crippen molar-refractivity contribution < 1.29 is 5.11 Å². The second kappa shape index (κ2) is 5.45. The summed E-state index contributed by atoms with van der Waals surface area (Å²) < 4.78 is 0. The monoisotopic (exact) mass is 255 g/mol. The van der Waals surface area contributed by atoms with Crippen molar-refractivity contribution in [2.24, 2.45) is 0 Å². The average Bonchev–Trinajstić information content (AvgIpc) is 2.50. The number of nitrogens with one attached hydrogen (secondary N) is 1. The molecule has 2 fully saturated rings. The van der Waals surface area contributed by atoms with Gasteiger partial charge in [-0.1, -0.05) is 0 Å². The van der Waals surface area contributed by atoms with Crippen molar-refractivity contribution >= 4 is 0 Å². The smallest absolute Gasteiger partial charge is 0.0869 e. The Balaban J connectivity index is 1.78. The molecular weight excluding hydrogens is 226 g/mol. The van der Waals surface area contributed by atoms with E-state index >= 15 is 0 Å². The summed E-state index contributed by atoms with van der Waals surface area (Å²) in [7, 11) is 6.27. The minimum atomic E-state index is -0.633. The van der Waals surface area contributed by atoms with Crippen molar-refractivity contribution in [3.8, 4) is 0 Å². The molecule has 0 spiro atoms. The van der Waals surface area contributed by atoms with E-state index in [0.29, 0.717) is 19.1 Å². The molecule has 3 atom stereocenters. The van der Waals surface area contributed by atoms with E-state index in [1.165, 1.54) is 25.7 Å². The van der Waals surface area contributed by atoms with Gasteiger partial charge in [0.05, 0.1) is 5.60 Å². The lowest BCUT2D eigenvalue weighted by atomic mass is 9.97. The molecule has 18 heavy (non-hydrogen) atoms. The maximum atomic E-state index is 10.3. The van der Waals surface area contributed by atoms with Crippen LogP contribution in [-0.4, -0.2) is 72.9 Å². The van der Waals surface area contributed by atoms with Crippen LogP contribution in [0.4, 0.5) is 0 Å². The third-order valence-electron chi connectivity index (χ3n) is 4.53. The van der Waals surface area contributed by atoms with Gasteiger partial charge in [-0.05, 0) is 53.8 Å². The highest BCUT2D eigenvalue weighted by molar-refractivity contribution is 4.96. The number of fused-ring (bicyclic) bond motifs is 2. The normalized spacial score (nSPS) is 36.0. The van der Waals surface area contributed by atoms with Gasteiger partial charge in [0, 0.05) is 31.2 Å². The van der Waals surface area contributed by atoms with E-state index < -0.39 is 5.60 Å². The van der Waals surface area contributed by atoms with Crippen molar-refractivity contribution in [3.05, 3.63) is 0 Å². The molecule has 2 aliphatic rings. The fraction of sp³-hybridized carbons (Fsp3) is 1.00. The van der Waals surface area contributed by atoms with E-state index in [1.807, 2.05) is 25.9 Å².